The average Bonchev–Trinajstić information content (AvgIpc) is 2.61. The molecular weight excluding hydrogens is 364 g/mol. The molecule has 1 amide bonds. The molecule has 0 unspecified atom stereocenters. The van der Waals surface area contributed by atoms with Gasteiger partial charge in [0.2, 0.25) is 15.9 Å². The van der Waals surface area contributed by atoms with Gasteiger partial charge in [-0.1, -0.05) is 43.3 Å². The highest BCUT2D eigenvalue weighted by molar-refractivity contribution is 7.89. The summed E-state index contributed by atoms with van der Waals surface area (Å²) in [5.41, 5.74) is 1.57. The lowest BCUT2D eigenvalue weighted by molar-refractivity contribution is -0.188. The van der Waals surface area contributed by atoms with E-state index in [-0.39, 0.29) is 30.2 Å². The maximum Gasteiger partial charge on any atom is 0.223 e. The summed E-state index contributed by atoms with van der Waals surface area (Å²) in [5, 5.41) is 9.96. The molecule has 2 saturated heterocycles. The van der Waals surface area contributed by atoms with Gasteiger partial charge in [-0.15, -0.1) is 0 Å². The quantitative estimate of drug-likeness (QED) is 0.801. The number of sulfonamides is 1. The van der Waals surface area contributed by atoms with Crippen molar-refractivity contribution in [1.29, 1.82) is 0 Å². The van der Waals surface area contributed by atoms with Gasteiger partial charge in [0, 0.05) is 25.4 Å². The second-order valence-corrected chi connectivity index (χ2v) is 9.54. The third kappa shape index (κ3) is 3.11. The van der Waals surface area contributed by atoms with Gasteiger partial charge in [-0.25, -0.2) is 8.42 Å². The Morgan fingerprint density at radius 1 is 1.26 bits per heavy atom. The van der Waals surface area contributed by atoms with E-state index in [0.29, 0.717) is 19.5 Å². The van der Waals surface area contributed by atoms with Gasteiger partial charge in [0.05, 0.1) is 23.9 Å². The fourth-order valence-electron chi connectivity index (χ4n) is 4.53. The number of aliphatic hydroxyl groups excluding tert-OH is 1. The van der Waals surface area contributed by atoms with Crippen LogP contribution in [0.2, 0.25) is 0 Å². The van der Waals surface area contributed by atoms with Crippen LogP contribution in [0.15, 0.2) is 30.3 Å². The smallest absolute Gasteiger partial charge is 0.223 e. The summed E-state index contributed by atoms with van der Waals surface area (Å²) in [6, 6.07) is 7.77. The van der Waals surface area contributed by atoms with Crippen LogP contribution in [0.1, 0.15) is 44.2 Å². The second kappa shape index (κ2) is 7.37. The maximum absolute atomic E-state index is 12.6. The van der Waals surface area contributed by atoms with Gasteiger partial charge in [0.15, 0.2) is 0 Å². The Morgan fingerprint density at radius 3 is 2.37 bits per heavy atom. The van der Waals surface area contributed by atoms with Gasteiger partial charge in [-0.05, 0) is 25.0 Å². The van der Waals surface area contributed by atoms with E-state index in [2.05, 4.69) is 0 Å². The van der Waals surface area contributed by atoms with E-state index in [0.717, 1.165) is 11.1 Å². The molecule has 3 rings (SSSR count). The Morgan fingerprint density at radius 2 is 1.89 bits per heavy atom. The highest BCUT2D eigenvalue weighted by Gasteiger charge is 2.68. The molecule has 0 saturated carbocycles. The molecule has 2 atom stereocenters. The van der Waals surface area contributed by atoms with Crippen molar-refractivity contribution in [2.45, 2.75) is 44.7 Å². The number of allylic oxidation sites excluding steroid dienone is 1. The van der Waals surface area contributed by atoms with Crippen LogP contribution in [0, 0.1) is 0 Å². The summed E-state index contributed by atoms with van der Waals surface area (Å²) in [6.45, 7) is 5.85. The van der Waals surface area contributed by atoms with Crippen LogP contribution in [0.4, 0.5) is 0 Å². The average molecular weight is 393 g/mol. The van der Waals surface area contributed by atoms with Gasteiger partial charge < -0.3 is 10.0 Å². The summed E-state index contributed by atoms with van der Waals surface area (Å²) in [4.78, 5) is 14.3. The molecule has 2 aliphatic heterocycles. The van der Waals surface area contributed by atoms with Crippen molar-refractivity contribution in [3.8, 4) is 0 Å². The van der Waals surface area contributed by atoms with Crippen LogP contribution in [-0.2, 0) is 14.8 Å². The molecule has 0 radical (unpaired) electrons. The molecule has 2 fully saturated rings. The normalized spacial score (nSPS) is 24.8. The van der Waals surface area contributed by atoms with E-state index < -0.39 is 15.6 Å². The Balaban J connectivity index is 1.94. The lowest BCUT2D eigenvalue weighted by Gasteiger charge is -2.70. The first kappa shape index (κ1) is 20.0. The van der Waals surface area contributed by atoms with Crippen molar-refractivity contribution in [3.63, 3.8) is 0 Å². The molecule has 2 aliphatic rings. The minimum atomic E-state index is -3.28. The van der Waals surface area contributed by atoms with E-state index >= 15 is 0 Å². The number of carbonyl (C=O) groups excluding carboxylic acids is 1. The van der Waals surface area contributed by atoms with E-state index in [9.17, 15) is 18.3 Å². The van der Waals surface area contributed by atoms with Gasteiger partial charge in [-0.2, -0.15) is 4.31 Å². The monoisotopic (exact) mass is 392 g/mol. The first-order valence-electron chi connectivity index (χ1n) is 9.48. The van der Waals surface area contributed by atoms with Crippen LogP contribution >= 0.6 is 0 Å². The predicted octanol–water partition coefficient (Wildman–Crippen LogP) is 1.82. The fraction of sp³-hybridized carbons (Fsp3) is 0.550. The van der Waals surface area contributed by atoms with Gasteiger partial charge >= 0.3 is 0 Å². The minimum Gasteiger partial charge on any atom is -0.394 e. The second-order valence-electron chi connectivity index (χ2n) is 7.28. The predicted molar refractivity (Wildman–Crippen MR) is 106 cm³/mol. The Labute approximate surface area is 161 Å². The molecule has 2 heterocycles. The van der Waals surface area contributed by atoms with Crippen LogP contribution in [-0.4, -0.2) is 65.7 Å². The van der Waals surface area contributed by atoms with Gasteiger partial charge in [0.25, 0.3) is 0 Å². The number of nitrogens with zero attached hydrogens (tertiary/aromatic N) is 2. The summed E-state index contributed by atoms with van der Waals surface area (Å²) in [6.07, 6.45) is 4.32. The van der Waals surface area contributed by atoms with Crippen LogP contribution in [0.3, 0.4) is 0 Å². The number of carbonyl (C=O) groups is 1. The maximum atomic E-state index is 12.6. The van der Waals surface area contributed by atoms with Crippen LogP contribution in [0.25, 0.3) is 6.08 Å². The van der Waals surface area contributed by atoms with Crippen molar-refractivity contribution in [3.05, 3.63) is 41.5 Å². The summed E-state index contributed by atoms with van der Waals surface area (Å²) < 4.78 is 25.9. The minimum absolute atomic E-state index is 0.0376. The molecule has 27 heavy (non-hydrogen) atoms. The largest absolute Gasteiger partial charge is 0.394 e. The molecule has 1 spiro atoms. The SMILES string of the molecule is C/C=C/c1ccc([C@@H]2[C@H](CO)N(C(=O)CC)C23CN(S(=O)(=O)CC)C3)cc1. The number of hydrogen-bond donors (Lipinski definition) is 1. The molecule has 7 heteroatoms. The topological polar surface area (TPSA) is 77.9 Å². The van der Waals surface area contributed by atoms with Gasteiger partial charge in [-0.3, -0.25) is 4.79 Å². The molecule has 1 N–H and O–H groups in total. The molecular formula is C20H28N2O4S. The van der Waals surface area contributed by atoms with E-state index in [1.807, 2.05) is 43.3 Å². The van der Waals surface area contributed by atoms with E-state index in [4.69, 9.17) is 0 Å². The Hall–Kier alpha value is -1.70. The Bertz CT molecular complexity index is 826. The zero-order chi connectivity index (χ0) is 19.8. The number of amides is 1. The zero-order valence-electron chi connectivity index (χ0n) is 16.1. The highest BCUT2D eigenvalue weighted by Crippen LogP contribution is 2.54. The van der Waals surface area contributed by atoms with Crippen molar-refractivity contribution in [2.75, 3.05) is 25.4 Å². The summed E-state index contributed by atoms with van der Waals surface area (Å²) in [7, 11) is -3.28. The Kier molecular flexibility index (Phi) is 5.47. The highest BCUT2D eigenvalue weighted by atomic mass is 32.2. The third-order valence-corrected chi connectivity index (χ3v) is 7.62. The van der Waals surface area contributed by atoms with Crippen LogP contribution in [0.5, 0.6) is 0 Å². The lowest BCUT2D eigenvalue weighted by Crippen LogP contribution is -2.85. The lowest BCUT2D eigenvalue weighted by atomic mass is 9.61. The zero-order valence-corrected chi connectivity index (χ0v) is 16.9. The molecule has 1 aromatic rings. The standard InChI is InChI=1S/C20H28N2O4S/c1-4-7-15-8-10-16(11-9-15)19-17(12-23)22(18(24)5-2)20(19)13-21(14-20)27(25,26)6-3/h4,7-11,17,19,23H,5-6,12-14H2,1-3H3/b7-4+/t17-,19+/m0/s1. The molecule has 0 aliphatic carbocycles. The van der Waals surface area contributed by atoms with E-state index in [1.165, 1.54) is 4.31 Å². The summed E-state index contributed by atoms with van der Waals surface area (Å²) in [5.74, 6) is -0.0536. The van der Waals surface area contributed by atoms with Crippen molar-refractivity contribution in [2.24, 2.45) is 0 Å². The van der Waals surface area contributed by atoms with Crippen molar-refractivity contribution in [1.82, 2.24) is 9.21 Å². The number of benzene rings is 1. The number of rotatable bonds is 6. The fourth-order valence-corrected chi connectivity index (χ4v) is 5.73. The number of aliphatic hydroxyl groups is 1. The molecule has 148 valence electrons. The number of hydrogen-bond acceptors (Lipinski definition) is 4. The van der Waals surface area contributed by atoms with Crippen LogP contribution < -0.4 is 0 Å². The summed E-state index contributed by atoms with van der Waals surface area (Å²) >= 11 is 0. The molecule has 6 nitrogen and oxygen atoms in total. The molecule has 0 bridgehead atoms. The van der Waals surface area contributed by atoms with Gasteiger partial charge in [0.1, 0.15) is 0 Å². The number of likely N-dealkylation sites (tertiary alicyclic amines) is 1. The molecule has 1 aromatic carbocycles. The third-order valence-electron chi connectivity index (χ3n) is 5.85. The van der Waals surface area contributed by atoms with Crippen molar-refractivity contribution >= 4 is 22.0 Å². The van der Waals surface area contributed by atoms with E-state index in [1.54, 1.807) is 18.7 Å². The first-order valence-corrected chi connectivity index (χ1v) is 11.1. The van der Waals surface area contributed by atoms with Crippen molar-refractivity contribution < 1.29 is 18.3 Å². The molecule has 0 aromatic heterocycles. The first-order chi connectivity index (χ1) is 12.8.